The highest BCUT2D eigenvalue weighted by Crippen LogP contribution is 2.29. The van der Waals surface area contributed by atoms with Gasteiger partial charge in [-0.3, -0.25) is 0 Å². The number of carbonyl (C=O) groups excluding carboxylic acids is 1. The van der Waals surface area contributed by atoms with Crippen molar-refractivity contribution < 1.29 is 9.18 Å². The fourth-order valence-electron chi connectivity index (χ4n) is 4.59. The van der Waals surface area contributed by atoms with E-state index in [1.807, 2.05) is 34.7 Å². The van der Waals surface area contributed by atoms with E-state index < -0.39 is 0 Å². The lowest BCUT2D eigenvalue weighted by Gasteiger charge is -2.37. The number of hydrogen-bond acceptors (Lipinski definition) is 7. The molecule has 1 fully saturated rings. The summed E-state index contributed by atoms with van der Waals surface area (Å²) in [5, 5.41) is 10.2. The Balaban J connectivity index is 1.28. The van der Waals surface area contributed by atoms with Gasteiger partial charge in [0.15, 0.2) is 5.82 Å². The molecule has 5 rings (SSSR count). The smallest absolute Gasteiger partial charge is 0.337 e. The second kappa shape index (κ2) is 9.08. The molecule has 1 atom stereocenters. The molecule has 180 valence electrons. The minimum Gasteiger partial charge on any atom is -0.337 e. The average Bonchev–Trinajstić information content (AvgIpc) is 3.44. The number of amides is 2. The molecule has 0 radical (unpaired) electrons. The number of aryl methyl sites for hydroxylation is 3. The van der Waals surface area contributed by atoms with Crippen molar-refractivity contribution in [2.75, 3.05) is 31.1 Å². The fourth-order valence-corrected chi connectivity index (χ4v) is 4.59. The van der Waals surface area contributed by atoms with Crippen molar-refractivity contribution in [2.24, 2.45) is 5.10 Å². The van der Waals surface area contributed by atoms with Crippen molar-refractivity contribution in [1.82, 2.24) is 34.6 Å². The molecule has 0 N–H and O–H groups in total. The lowest BCUT2D eigenvalue weighted by molar-refractivity contribution is 0.139. The highest BCUT2D eigenvalue weighted by molar-refractivity contribution is 6.32. The molecule has 2 aliphatic heterocycles. The van der Waals surface area contributed by atoms with Gasteiger partial charge in [-0.25, -0.2) is 24.2 Å². The molecule has 4 heterocycles. The monoisotopic (exact) mass is 475 g/mol. The van der Waals surface area contributed by atoms with Gasteiger partial charge in [-0.05, 0) is 38.5 Å². The van der Waals surface area contributed by atoms with Crippen LogP contribution in [0.4, 0.5) is 15.1 Å². The van der Waals surface area contributed by atoms with Crippen LogP contribution >= 0.6 is 0 Å². The Morgan fingerprint density at radius 1 is 1.09 bits per heavy atom. The number of halogens is 1. The molecule has 1 unspecified atom stereocenters. The number of urea groups is 1. The lowest BCUT2D eigenvalue weighted by Crippen LogP contribution is -2.52. The number of carbonyl (C=O) groups is 1. The summed E-state index contributed by atoms with van der Waals surface area (Å²) in [6.45, 7) is 7.88. The van der Waals surface area contributed by atoms with Crippen LogP contribution in [-0.2, 0) is 0 Å². The first-order chi connectivity index (χ1) is 16.8. The maximum Gasteiger partial charge on any atom is 0.341 e. The highest BCUT2D eigenvalue weighted by Gasteiger charge is 2.33. The molecule has 0 aliphatic carbocycles. The SMILES string of the molecule is Bc1cc(F)cc(C2CC=NN2C(=O)N2CCN(c3ncc(C)c(-n4nc(C)nc4C)n3)CC2)c1. The van der Waals surface area contributed by atoms with E-state index in [0.29, 0.717) is 50.2 Å². The van der Waals surface area contributed by atoms with Crippen LogP contribution in [0.2, 0.25) is 0 Å². The molecule has 2 amide bonds. The zero-order chi connectivity index (χ0) is 24.7. The third-order valence-electron chi connectivity index (χ3n) is 6.32. The Bertz CT molecular complexity index is 1280. The van der Waals surface area contributed by atoms with Crippen LogP contribution in [-0.4, -0.2) is 80.9 Å². The molecule has 10 nitrogen and oxygen atoms in total. The molecular formula is C23H27BFN9O. The maximum absolute atomic E-state index is 14.0. The predicted molar refractivity (Wildman–Crippen MR) is 133 cm³/mol. The number of anilines is 1. The molecule has 12 heteroatoms. The first-order valence-corrected chi connectivity index (χ1v) is 11.7. The average molecular weight is 475 g/mol. The second-order valence-electron chi connectivity index (χ2n) is 9.01. The maximum atomic E-state index is 14.0. The highest BCUT2D eigenvalue weighted by atomic mass is 19.1. The molecule has 0 saturated carbocycles. The van der Waals surface area contributed by atoms with Crippen LogP contribution in [0.5, 0.6) is 0 Å². The van der Waals surface area contributed by atoms with E-state index in [-0.39, 0.29) is 17.9 Å². The molecule has 0 spiro atoms. The Labute approximate surface area is 203 Å². The van der Waals surface area contributed by atoms with E-state index >= 15 is 0 Å². The molecular weight excluding hydrogens is 448 g/mol. The van der Waals surface area contributed by atoms with Gasteiger partial charge >= 0.3 is 6.03 Å². The van der Waals surface area contributed by atoms with E-state index in [1.165, 1.54) is 17.1 Å². The summed E-state index contributed by atoms with van der Waals surface area (Å²) < 4.78 is 15.7. The fraction of sp³-hybridized carbons (Fsp3) is 0.391. The van der Waals surface area contributed by atoms with Crippen LogP contribution in [0.1, 0.15) is 35.2 Å². The third kappa shape index (κ3) is 4.47. The summed E-state index contributed by atoms with van der Waals surface area (Å²) in [4.78, 5) is 30.8. The Morgan fingerprint density at radius 2 is 1.86 bits per heavy atom. The van der Waals surface area contributed by atoms with Crippen molar-refractivity contribution in [3.05, 3.63) is 53.0 Å². The number of hydrazone groups is 1. The number of hydrogen-bond donors (Lipinski definition) is 0. The van der Waals surface area contributed by atoms with Gasteiger partial charge in [-0.2, -0.15) is 14.8 Å². The largest absolute Gasteiger partial charge is 0.341 e. The number of piperazine rings is 1. The van der Waals surface area contributed by atoms with Crippen LogP contribution in [0.25, 0.3) is 5.82 Å². The molecule has 35 heavy (non-hydrogen) atoms. The standard InChI is InChI=1S/C23H27BFN9O/c1-14-13-26-22(29-21(14)33-16(3)28-15(2)30-33)31-6-8-32(9-7-31)23(35)34-20(4-5-27-34)17-10-18(24)12-19(25)11-17/h5,10-13,20H,4,6-9,24H2,1-3H3. The summed E-state index contributed by atoms with van der Waals surface area (Å²) in [6.07, 6.45) is 4.07. The quantitative estimate of drug-likeness (QED) is 0.526. The minimum absolute atomic E-state index is 0.176. The number of benzene rings is 1. The predicted octanol–water partition coefficient (Wildman–Crippen LogP) is 1.05. The van der Waals surface area contributed by atoms with E-state index in [1.54, 1.807) is 22.0 Å². The molecule has 1 saturated heterocycles. The van der Waals surface area contributed by atoms with Gasteiger partial charge in [0.1, 0.15) is 25.3 Å². The Kier molecular flexibility index (Phi) is 5.95. The summed E-state index contributed by atoms with van der Waals surface area (Å²) in [5.41, 5.74) is 2.48. The van der Waals surface area contributed by atoms with Gasteiger partial charge < -0.3 is 9.80 Å². The minimum atomic E-state index is -0.304. The summed E-state index contributed by atoms with van der Waals surface area (Å²) in [6, 6.07) is 4.39. The van der Waals surface area contributed by atoms with E-state index in [2.05, 4.69) is 25.1 Å². The zero-order valence-electron chi connectivity index (χ0n) is 20.3. The van der Waals surface area contributed by atoms with Crippen LogP contribution < -0.4 is 10.4 Å². The van der Waals surface area contributed by atoms with E-state index in [0.717, 1.165) is 22.4 Å². The Hall–Kier alpha value is -3.83. The van der Waals surface area contributed by atoms with Gasteiger partial charge in [0.25, 0.3) is 0 Å². The van der Waals surface area contributed by atoms with E-state index in [4.69, 9.17) is 4.98 Å². The van der Waals surface area contributed by atoms with Crippen molar-refractivity contribution in [1.29, 1.82) is 0 Å². The third-order valence-corrected chi connectivity index (χ3v) is 6.32. The van der Waals surface area contributed by atoms with Crippen molar-refractivity contribution >= 4 is 31.5 Å². The molecule has 2 aromatic heterocycles. The second-order valence-corrected chi connectivity index (χ2v) is 9.01. The summed E-state index contributed by atoms with van der Waals surface area (Å²) in [5.74, 6) is 2.44. The summed E-state index contributed by atoms with van der Waals surface area (Å²) in [7, 11) is 1.84. The van der Waals surface area contributed by atoms with Crippen LogP contribution in [0.15, 0.2) is 29.5 Å². The van der Waals surface area contributed by atoms with Crippen molar-refractivity contribution in [3.63, 3.8) is 0 Å². The number of aromatic nitrogens is 5. The first-order valence-electron chi connectivity index (χ1n) is 11.7. The van der Waals surface area contributed by atoms with Crippen molar-refractivity contribution in [2.45, 2.75) is 33.2 Å². The molecule has 2 aliphatic rings. The van der Waals surface area contributed by atoms with E-state index in [9.17, 15) is 9.18 Å². The van der Waals surface area contributed by atoms with Crippen LogP contribution in [0, 0.1) is 26.6 Å². The lowest BCUT2D eigenvalue weighted by atomic mass is 9.91. The van der Waals surface area contributed by atoms with Gasteiger partial charge in [-0.1, -0.05) is 11.5 Å². The molecule has 3 aromatic rings. The Morgan fingerprint density at radius 3 is 2.54 bits per heavy atom. The molecule has 0 bridgehead atoms. The normalized spacial score (nSPS) is 17.9. The molecule has 1 aromatic carbocycles. The van der Waals surface area contributed by atoms with Gasteiger partial charge in [-0.15, -0.1) is 5.10 Å². The topological polar surface area (TPSA) is 95.6 Å². The zero-order valence-corrected chi connectivity index (χ0v) is 20.3. The van der Waals surface area contributed by atoms with Crippen molar-refractivity contribution in [3.8, 4) is 5.82 Å². The summed E-state index contributed by atoms with van der Waals surface area (Å²) >= 11 is 0. The number of nitrogens with zero attached hydrogens (tertiary/aromatic N) is 9. The number of rotatable bonds is 3. The van der Waals surface area contributed by atoms with Gasteiger partial charge in [0.05, 0.1) is 6.04 Å². The van der Waals surface area contributed by atoms with Gasteiger partial charge in [0, 0.05) is 50.6 Å². The van der Waals surface area contributed by atoms with Gasteiger partial charge in [0.2, 0.25) is 5.95 Å². The first kappa shape index (κ1) is 22.9. The van der Waals surface area contributed by atoms with Crippen LogP contribution in [0.3, 0.4) is 0 Å².